The molecule has 0 N–H and O–H groups in total. The molecule has 2 heterocycles. The highest BCUT2D eigenvalue weighted by atomic mass is 127. The fourth-order valence-corrected chi connectivity index (χ4v) is 6.51. The van der Waals surface area contributed by atoms with Crippen LogP contribution < -0.4 is 33.8 Å². The fraction of sp³-hybridized carbons (Fsp3) is 0.375. The van der Waals surface area contributed by atoms with E-state index < -0.39 is 18.0 Å². The second kappa shape index (κ2) is 15.0. The van der Waals surface area contributed by atoms with Crippen LogP contribution in [0.1, 0.15) is 51.8 Å². The van der Waals surface area contributed by atoms with Gasteiger partial charge in [0.25, 0.3) is 5.56 Å². The lowest BCUT2D eigenvalue weighted by Gasteiger charge is -2.25. The van der Waals surface area contributed by atoms with Gasteiger partial charge in [0, 0.05) is 0 Å². The fourth-order valence-electron chi connectivity index (χ4n) is 4.71. The molecule has 0 saturated carbocycles. The number of hydrogen-bond donors (Lipinski definition) is 0. The second-order valence-electron chi connectivity index (χ2n) is 10.0. The van der Waals surface area contributed by atoms with Crippen LogP contribution in [-0.2, 0) is 19.1 Å². The van der Waals surface area contributed by atoms with Gasteiger partial charge in [0.05, 0.1) is 59.0 Å². The summed E-state index contributed by atoms with van der Waals surface area (Å²) < 4.78 is 35.8. The van der Waals surface area contributed by atoms with Crippen molar-refractivity contribution in [3.05, 3.63) is 76.0 Å². The minimum Gasteiger partial charge on any atom is -0.493 e. The van der Waals surface area contributed by atoms with E-state index >= 15 is 0 Å². The molecule has 0 radical (unpaired) electrons. The third-order valence-electron chi connectivity index (χ3n) is 6.58. The number of halogens is 1. The zero-order chi connectivity index (χ0) is 32.8. The van der Waals surface area contributed by atoms with Gasteiger partial charge in [-0.2, -0.15) is 0 Å². The second-order valence-corrected chi connectivity index (χ2v) is 12.2. The first-order chi connectivity index (χ1) is 21.5. The van der Waals surface area contributed by atoms with Crippen LogP contribution in [0.15, 0.2) is 51.4 Å². The summed E-state index contributed by atoms with van der Waals surface area (Å²) in [5, 5.41) is 0. The number of nitrogens with zero attached hydrogens (tertiary/aromatic N) is 2. The Morgan fingerprint density at radius 3 is 2.47 bits per heavy atom. The topological polar surface area (TPSA) is 124 Å². The van der Waals surface area contributed by atoms with Gasteiger partial charge in [-0.15, -0.1) is 0 Å². The molecule has 13 heteroatoms. The molecule has 0 amide bonds. The number of methoxy groups -OCH3 is 2. The Bertz CT molecular complexity index is 1810. The van der Waals surface area contributed by atoms with Crippen LogP contribution in [0, 0.1) is 3.57 Å². The summed E-state index contributed by atoms with van der Waals surface area (Å²) in [7, 11) is 2.84. The summed E-state index contributed by atoms with van der Waals surface area (Å²) in [6, 6.07) is 7.89. The summed E-state index contributed by atoms with van der Waals surface area (Å²) in [5.74, 6) is 0.694. The summed E-state index contributed by atoms with van der Waals surface area (Å²) in [4.78, 5) is 44.2. The molecule has 1 aliphatic heterocycles. The van der Waals surface area contributed by atoms with E-state index in [1.165, 1.54) is 23.0 Å². The molecule has 45 heavy (non-hydrogen) atoms. The maximum Gasteiger partial charge on any atom is 0.343 e. The van der Waals surface area contributed by atoms with E-state index in [-0.39, 0.29) is 30.5 Å². The normalized spacial score (nSPS) is 14.5. The monoisotopic (exact) mass is 750 g/mol. The van der Waals surface area contributed by atoms with Gasteiger partial charge < -0.3 is 28.4 Å². The van der Waals surface area contributed by atoms with E-state index in [1.54, 1.807) is 45.2 Å². The molecule has 2 aromatic carbocycles. The van der Waals surface area contributed by atoms with Gasteiger partial charge in [-0.25, -0.2) is 14.6 Å². The van der Waals surface area contributed by atoms with E-state index in [4.69, 9.17) is 23.7 Å². The lowest BCUT2D eigenvalue weighted by Crippen LogP contribution is -2.40. The van der Waals surface area contributed by atoms with Crippen molar-refractivity contribution in [2.24, 2.45) is 4.99 Å². The third kappa shape index (κ3) is 7.52. The average molecular weight is 751 g/mol. The van der Waals surface area contributed by atoms with Crippen LogP contribution in [0.3, 0.4) is 0 Å². The number of esters is 2. The van der Waals surface area contributed by atoms with Crippen molar-refractivity contribution in [1.82, 2.24) is 4.57 Å². The number of fused-ring (bicyclic) bond motifs is 1. The minimum absolute atomic E-state index is 0.0458. The zero-order valence-electron chi connectivity index (χ0n) is 26.1. The van der Waals surface area contributed by atoms with Crippen LogP contribution in [-0.4, -0.2) is 56.6 Å². The number of thiazole rings is 1. The molecule has 0 saturated heterocycles. The summed E-state index contributed by atoms with van der Waals surface area (Å²) in [5.41, 5.74) is 1.63. The molecule has 4 rings (SSSR count). The largest absolute Gasteiger partial charge is 0.493 e. The van der Waals surface area contributed by atoms with E-state index in [9.17, 15) is 14.4 Å². The predicted molar refractivity (Wildman–Crippen MR) is 177 cm³/mol. The molecule has 0 fully saturated rings. The van der Waals surface area contributed by atoms with Crippen molar-refractivity contribution in [2.75, 3.05) is 34.0 Å². The first-order valence-electron chi connectivity index (χ1n) is 14.2. The maximum absolute atomic E-state index is 14.1. The van der Waals surface area contributed by atoms with E-state index in [2.05, 4.69) is 32.3 Å². The van der Waals surface area contributed by atoms with E-state index in [1.807, 2.05) is 32.9 Å². The standard InChI is InChI=1S/C32H35IN2O9S/c1-8-41-23-15-20(10-11-22(23)43-16-26(36)40-7)28-27(31(38)42-9-2)18(5)34-32-35(28)30(37)25(45-32)14-19-12-21(33)29(44-17(3)4)24(13-19)39-6/h10-15,17,28H,8-9,16H2,1-7H3/b25-14+/t28-/m1/s1. The Balaban J connectivity index is 1.90. The number of benzene rings is 2. The molecule has 0 spiro atoms. The summed E-state index contributed by atoms with van der Waals surface area (Å²) in [6.07, 6.45) is 1.72. The van der Waals surface area contributed by atoms with Crippen LogP contribution in [0.2, 0.25) is 0 Å². The molecule has 1 aliphatic rings. The quantitative estimate of drug-likeness (QED) is 0.199. The van der Waals surface area contributed by atoms with Gasteiger partial charge in [0.15, 0.2) is 34.4 Å². The number of carbonyl (C=O) groups excluding carboxylic acids is 2. The Morgan fingerprint density at radius 1 is 1.07 bits per heavy atom. The van der Waals surface area contributed by atoms with Gasteiger partial charge in [-0.05, 0) is 98.7 Å². The summed E-state index contributed by atoms with van der Waals surface area (Å²) in [6.45, 7) is 9.26. The molecular formula is C32H35IN2O9S. The lowest BCUT2D eigenvalue weighted by atomic mass is 9.95. The maximum atomic E-state index is 14.1. The van der Waals surface area contributed by atoms with Crippen LogP contribution in [0.4, 0.5) is 0 Å². The molecule has 3 aromatic rings. The number of hydrogen-bond acceptors (Lipinski definition) is 11. The minimum atomic E-state index is -0.868. The van der Waals surface area contributed by atoms with Crippen LogP contribution in [0.25, 0.3) is 6.08 Å². The molecule has 1 aromatic heterocycles. The Morgan fingerprint density at radius 2 is 1.82 bits per heavy atom. The van der Waals surface area contributed by atoms with Gasteiger partial charge in [-0.3, -0.25) is 9.36 Å². The van der Waals surface area contributed by atoms with Crippen molar-refractivity contribution < 1.29 is 38.0 Å². The number of rotatable bonds is 12. The molecule has 11 nitrogen and oxygen atoms in total. The first-order valence-corrected chi connectivity index (χ1v) is 16.1. The number of carbonyl (C=O) groups is 2. The van der Waals surface area contributed by atoms with Gasteiger partial charge in [0.1, 0.15) is 0 Å². The number of ether oxygens (including phenoxy) is 6. The number of allylic oxidation sites excluding steroid dienone is 1. The highest BCUT2D eigenvalue weighted by Crippen LogP contribution is 2.37. The van der Waals surface area contributed by atoms with Gasteiger partial charge in [0.2, 0.25) is 0 Å². The first kappa shape index (κ1) is 34.0. The van der Waals surface area contributed by atoms with Crippen molar-refractivity contribution in [1.29, 1.82) is 0 Å². The van der Waals surface area contributed by atoms with Crippen molar-refractivity contribution in [3.8, 4) is 23.0 Å². The number of aromatic nitrogens is 1. The highest BCUT2D eigenvalue weighted by molar-refractivity contribution is 14.1. The lowest BCUT2D eigenvalue weighted by molar-refractivity contribution is -0.143. The Labute approximate surface area is 278 Å². The van der Waals surface area contributed by atoms with Crippen molar-refractivity contribution in [2.45, 2.75) is 46.8 Å². The Kier molecular flexibility index (Phi) is 11.3. The highest BCUT2D eigenvalue weighted by Gasteiger charge is 2.34. The van der Waals surface area contributed by atoms with Crippen molar-refractivity contribution in [3.63, 3.8) is 0 Å². The molecule has 1 atom stereocenters. The molecule has 240 valence electrons. The van der Waals surface area contributed by atoms with Gasteiger partial charge >= 0.3 is 11.9 Å². The molecule has 0 unspecified atom stereocenters. The van der Waals surface area contributed by atoms with Crippen LogP contribution >= 0.6 is 33.9 Å². The smallest absolute Gasteiger partial charge is 0.343 e. The Hall–Kier alpha value is -3.85. The average Bonchev–Trinajstić information content (AvgIpc) is 3.30. The zero-order valence-corrected chi connectivity index (χ0v) is 29.1. The molecule has 0 bridgehead atoms. The summed E-state index contributed by atoms with van der Waals surface area (Å²) >= 11 is 3.39. The molecular weight excluding hydrogens is 715 g/mol. The third-order valence-corrected chi connectivity index (χ3v) is 8.36. The van der Waals surface area contributed by atoms with Gasteiger partial charge in [-0.1, -0.05) is 17.4 Å². The molecule has 0 aliphatic carbocycles. The van der Waals surface area contributed by atoms with E-state index in [0.717, 1.165) is 9.13 Å². The van der Waals surface area contributed by atoms with E-state index in [0.29, 0.717) is 50.2 Å². The predicted octanol–water partition coefficient (Wildman–Crippen LogP) is 4.15. The SMILES string of the molecule is CCOC(=O)C1=C(C)N=c2s/c(=C/c3cc(I)c(OC(C)C)c(OC)c3)c(=O)n2[C@@H]1c1ccc(OCC(=O)OC)c(OCC)c1. The van der Waals surface area contributed by atoms with Crippen molar-refractivity contribution >= 4 is 51.9 Å². The van der Waals surface area contributed by atoms with Crippen LogP contribution in [0.5, 0.6) is 23.0 Å².